The molecule has 4 heteroatoms. The third-order valence-electron chi connectivity index (χ3n) is 3.92. The number of aryl methyl sites for hydroxylation is 3. The fourth-order valence-electron chi connectivity index (χ4n) is 2.38. The highest BCUT2D eigenvalue weighted by Crippen LogP contribution is 2.20. The molecule has 0 saturated carbocycles. The van der Waals surface area contributed by atoms with Crippen LogP contribution in [0.1, 0.15) is 22.3 Å². The lowest BCUT2D eigenvalue weighted by Gasteiger charge is -2.13. The van der Waals surface area contributed by atoms with Crippen LogP contribution in [-0.2, 0) is 0 Å². The predicted octanol–water partition coefficient (Wildman–Crippen LogP) is 4.12. The van der Waals surface area contributed by atoms with Gasteiger partial charge in [-0.05, 0) is 56.0 Å². The van der Waals surface area contributed by atoms with Gasteiger partial charge in [-0.2, -0.15) is 0 Å². The lowest BCUT2D eigenvalue weighted by Crippen LogP contribution is -2.32. The molecule has 0 unspecified atom stereocenters. The molecule has 0 fully saturated rings. The van der Waals surface area contributed by atoms with Crippen molar-refractivity contribution in [3.8, 4) is 5.75 Å². The highest BCUT2D eigenvalue weighted by atomic mass is 16.5. The van der Waals surface area contributed by atoms with Gasteiger partial charge in [0.25, 0.3) is 0 Å². The van der Waals surface area contributed by atoms with Gasteiger partial charge >= 0.3 is 6.03 Å². The summed E-state index contributed by atoms with van der Waals surface area (Å²) in [6, 6.07) is 11.7. The molecule has 2 rings (SSSR count). The maximum Gasteiger partial charge on any atom is 0.319 e. The Morgan fingerprint density at radius 3 is 2.26 bits per heavy atom. The first-order valence-electron chi connectivity index (χ1n) is 7.79. The number of para-hydroxylation sites is 1. The van der Waals surface area contributed by atoms with E-state index in [-0.39, 0.29) is 6.03 Å². The Balaban J connectivity index is 1.80. The van der Waals surface area contributed by atoms with Gasteiger partial charge in [-0.25, -0.2) is 4.79 Å². The maximum absolute atomic E-state index is 12.0. The van der Waals surface area contributed by atoms with E-state index in [1.807, 2.05) is 51.1 Å². The van der Waals surface area contributed by atoms with E-state index in [0.29, 0.717) is 13.2 Å². The van der Waals surface area contributed by atoms with Gasteiger partial charge in [-0.15, -0.1) is 0 Å². The first kappa shape index (κ1) is 16.9. The van der Waals surface area contributed by atoms with Crippen LogP contribution in [0.15, 0.2) is 36.4 Å². The van der Waals surface area contributed by atoms with Crippen molar-refractivity contribution in [2.24, 2.45) is 0 Å². The lowest BCUT2D eigenvalue weighted by atomic mass is 10.1. The van der Waals surface area contributed by atoms with Gasteiger partial charge in [0, 0.05) is 5.69 Å². The number of urea groups is 1. The van der Waals surface area contributed by atoms with Crippen LogP contribution in [0.4, 0.5) is 10.5 Å². The zero-order valence-electron chi connectivity index (χ0n) is 14.2. The second kappa shape index (κ2) is 7.68. The van der Waals surface area contributed by atoms with Gasteiger partial charge in [-0.3, -0.25) is 0 Å². The van der Waals surface area contributed by atoms with E-state index < -0.39 is 0 Å². The molecule has 2 aromatic carbocycles. The standard InChI is InChI=1S/C19H24N2O2/c1-13-7-6-10-17(16(13)4)23-12-11-20-19(22)21-18-14(2)8-5-9-15(18)3/h5-10H,11-12H2,1-4H3,(H2,20,21,22). The smallest absolute Gasteiger partial charge is 0.319 e. The number of amides is 2. The fraction of sp³-hybridized carbons (Fsp3) is 0.316. The number of hydrogen-bond acceptors (Lipinski definition) is 2. The molecule has 0 radical (unpaired) electrons. The van der Waals surface area contributed by atoms with E-state index in [1.54, 1.807) is 0 Å². The summed E-state index contributed by atoms with van der Waals surface area (Å²) in [4.78, 5) is 12.0. The summed E-state index contributed by atoms with van der Waals surface area (Å²) in [5.41, 5.74) is 5.29. The van der Waals surface area contributed by atoms with Crippen molar-refractivity contribution in [1.29, 1.82) is 0 Å². The molecule has 0 heterocycles. The lowest BCUT2D eigenvalue weighted by molar-refractivity contribution is 0.247. The minimum atomic E-state index is -0.216. The van der Waals surface area contributed by atoms with Crippen LogP contribution in [-0.4, -0.2) is 19.2 Å². The van der Waals surface area contributed by atoms with Crippen molar-refractivity contribution in [2.75, 3.05) is 18.5 Å². The van der Waals surface area contributed by atoms with Crippen LogP contribution in [0.5, 0.6) is 5.75 Å². The first-order valence-corrected chi connectivity index (χ1v) is 7.79. The number of hydrogen-bond donors (Lipinski definition) is 2. The van der Waals surface area contributed by atoms with Crippen molar-refractivity contribution in [1.82, 2.24) is 5.32 Å². The van der Waals surface area contributed by atoms with Gasteiger partial charge in [0.2, 0.25) is 0 Å². The summed E-state index contributed by atoms with van der Waals surface area (Å²) >= 11 is 0. The number of carbonyl (C=O) groups is 1. The monoisotopic (exact) mass is 312 g/mol. The molecule has 0 saturated heterocycles. The molecule has 2 amide bonds. The van der Waals surface area contributed by atoms with Gasteiger partial charge < -0.3 is 15.4 Å². The molecule has 0 spiro atoms. The van der Waals surface area contributed by atoms with Crippen molar-refractivity contribution >= 4 is 11.7 Å². The van der Waals surface area contributed by atoms with Crippen LogP contribution in [0.25, 0.3) is 0 Å². The molecule has 0 aromatic heterocycles. The largest absolute Gasteiger partial charge is 0.491 e. The summed E-state index contributed by atoms with van der Waals surface area (Å²) in [6.07, 6.45) is 0. The molecule has 23 heavy (non-hydrogen) atoms. The number of rotatable bonds is 5. The molecule has 0 aliphatic rings. The van der Waals surface area contributed by atoms with Crippen LogP contribution in [0.2, 0.25) is 0 Å². The average Bonchev–Trinajstić information content (AvgIpc) is 2.51. The van der Waals surface area contributed by atoms with Crippen molar-refractivity contribution in [3.05, 3.63) is 58.7 Å². The van der Waals surface area contributed by atoms with E-state index in [1.165, 1.54) is 5.56 Å². The van der Waals surface area contributed by atoms with Gasteiger partial charge in [0.05, 0.1) is 6.54 Å². The van der Waals surface area contributed by atoms with Crippen molar-refractivity contribution in [2.45, 2.75) is 27.7 Å². The summed E-state index contributed by atoms with van der Waals surface area (Å²) < 4.78 is 5.72. The highest BCUT2D eigenvalue weighted by Gasteiger charge is 2.07. The van der Waals surface area contributed by atoms with Crippen LogP contribution in [0, 0.1) is 27.7 Å². The molecular formula is C19H24N2O2. The van der Waals surface area contributed by atoms with Crippen LogP contribution >= 0.6 is 0 Å². The first-order chi connectivity index (χ1) is 11.0. The molecular weight excluding hydrogens is 288 g/mol. The van der Waals surface area contributed by atoms with E-state index in [4.69, 9.17) is 4.74 Å². The van der Waals surface area contributed by atoms with Gasteiger partial charge in [-0.1, -0.05) is 30.3 Å². The van der Waals surface area contributed by atoms with E-state index in [0.717, 1.165) is 28.1 Å². The highest BCUT2D eigenvalue weighted by molar-refractivity contribution is 5.90. The van der Waals surface area contributed by atoms with Crippen molar-refractivity contribution in [3.63, 3.8) is 0 Å². The number of benzene rings is 2. The van der Waals surface area contributed by atoms with Gasteiger partial charge in [0.1, 0.15) is 12.4 Å². The number of carbonyl (C=O) groups excluding carboxylic acids is 1. The molecule has 2 aromatic rings. The average molecular weight is 312 g/mol. The van der Waals surface area contributed by atoms with Crippen molar-refractivity contribution < 1.29 is 9.53 Å². The number of anilines is 1. The summed E-state index contributed by atoms with van der Waals surface area (Å²) in [6.45, 7) is 8.93. The second-order valence-electron chi connectivity index (χ2n) is 5.69. The fourth-order valence-corrected chi connectivity index (χ4v) is 2.38. The minimum absolute atomic E-state index is 0.216. The topological polar surface area (TPSA) is 50.4 Å². The Hall–Kier alpha value is -2.49. The molecule has 0 atom stereocenters. The molecule has 0 aliphatic carbocycles. The number of nitrogens with one attached hydrogen (secondary N) is 2. The van der Waals surface area contributed by atoms with Crippen LogP contribution < -0.4 is 15.4 Å². The summed E-state index contributed by atoms with van der Waals surface area (Å²) in [7, 11) is 0. The third-order valence-corrected chi connectivity index (χ3v) is 3.92. The van der Waals surface area contributed by atoms with E-state index >= 15 is 0 Å². The third kappa shape index (κ3) is 4.49. The Kier molecular flexibility index (Phi) is 5.63. The van der Waals surface area contributed by atoms with E-state index in [9.17, 15) is 4.79 Å². The molecule has 4 nitrogen and oxygen atoms in total. The normalized spacial score (nSPS) is 10.3. The molecule has 122 valence electrons. The Bertz CT molecular complexity index is 676. The Labute approximate surface area is 137 Å². The molecule has 0 aliphatic heterocycles. The predicted molar refractivity (Wildman–Crippen MR) is 94.3 cm³/mol. The van der Waals surface area contributed by atoms with E-state index in [2.05, 4.69) is 23.6 Å². The molecule has 0 bridgehead atoms. The SMILES string of the molecule is Cc1cccc(OCCNC(=O)Nc2c(C)cccc2C)c1C. The maximum atomic E-state index is 12.0. The quantitative estimate of drug-likeness (QED) is 0.816. The molecule has 2 N–H and O–H groups in total. The summed E-state index contributed by atoms with van der Waals surface area (Å²) in [5, 5.41) is 5.71. The Morgan fingerprint density at radius 2 is 1.57 bits per heavy atom. The minimum Gasteiger partial charge on any atom is -0.491 e. The zero-order valence-corrected chi connectivity index (χ0v) is 14.2. The second-order valence-corrected chi connectivity index (χ2v) is 5.69. The zero-order chi connectivity index (χ0) is 16.8. The van der Waals surface area contributed by atoms with Gasteiger partial charge in [0.15, 0.2) is 0 Å². The number of ether oxygens (including phenoxy) is 1. The summed E-state index contributed by atoms with van der Waals surface area (Å²) in [5.74, 6) is 0.863. The Morgan fingerprint density at radius 1 is 0.957 bits per heavy atom. The van der Waals surface area contributed by atoms with Crippen LogP contribution in [0.3, 0.4) is 0 Å².